The molecule has 2 heterocycles. The lowest BCUT2D eigenvalue weighted by Gasteiger charge is -2.13. The van der Waals surface area contributed by atoms with Crippen LogP contribution in [0.5, 0.6) is 0 Å². The summed E-state index contributed by atoms with van der Waals surface area (Å²) in [4.78, 5) is 29.5. The molecule has 0 bridgehead atoms. The van der Waals surface area contributed by atoms with Gasteiger partial charge in [-0.2, -0.15) is 0 Å². The number of carbonyl (C=O) groups is 1. The summed E-state index contributed by atoms with van der Waals surface area (Å²) in [6.45, 7) is 0. The zero-order valence-corrected chi connectivity index (χ0v) is 13.4. The van der Waals surface area contributed by atoms with Crippen LogP contribution in [0.25, 0.3) is 16.7 Å². The lowest BCUT2D eigenvalue weighted by molar-refractivity contribution is 0.0949. The summed E-state index contributed by atoms with van der Waals surface area (Å²) in [6.07, 6.45) is 10.6. The van der Waals surface area contributed by atoms with Gasteiger partial charge in [0.1, 0.15) is 11.2 Å². The molecule has 0 radical (unpaired) electrons. The number of hydrogen-bond donors (Lipinski definition) is 1. The lowest BCUT2D eigenvalue weighted by Crippen LogP contribution is -2.31. The fraction of sp³-hybridized carbons (Fsp3) is 0.150. The molecule has 122 valence electrons. The molecule has 0 atom stereocenters. The van der Waals surface area contributed by atoms with E-state index >= 15 is 0 Å². The molecule has 4 rings (SSSR count). The van der Waals surface area contributed by atoms with Crippen LogP contribution in [-0.4, -0.2) is 21.5 Å². The number of amides is 1. The molecule has 1 aliphatic rings. The van der Waals surface area contributed by atoms with Gasteiger partial charge in [-0.3, -0.25) is 9.59 Å². The summed E-state index contributed by atoms with van der Waals surface area (Å²) in [5.74, 6) is 2.25. The van der Waals surface area contributed by atoms with Crippen LogP contribution in [-0.2, 0) is 0 Å². The van der Waals surface area contributed by atoms with Crippen LogP contribution in [0.2, 0.25) is 0 Å². The molecule has 1 N–H and O–H groups in total. The van der Waals surface area contributed by atoms with Gasteiger partial charge in [0.05, 0.1) is 5.39 Å². The van der Waals surface area contributed by atoms with Crippen molar-refractivity contribution in [2.24, 2.45) is 0 Å². The number of terminal acetylenes is 1. The minimum Gasteiger partial charge on any atom is -0.349 e. The Kier molecular flexibility index (Phi) is 3.58. The molecule has 25 heavy (non-hydrogen) atoms. The van der Waals surface area contributed by atoms with Crippen molar-refractivity contribution in [1.29, 1.82) is 0 Å². The fourth-order valence-corrected chi connectivity index (χ4v) is 2.76. The number of fused-ring (bicyclic) bond motifs is 1. The predicted molar refractivity (Wildman–Crippen MR) is 95.8 cm³/mol. The Morgan fingerprint density at radius 1 is 1.28 bits per heavy atom. The van der Waals surface area contributed by atoms with Gasteiger partial charge in [-0.05, 0) is 43.2 Å². The zero-order valence-electron chi connectivity index (χ0n) is 13.4. The average Bonchev–Trinajstić information content (AvgIpc) is 3.46. The number of aromatic nitrogens is 2. The highest BCUT2D eigenvalue weighted by atomic mass is 16.2. The van der Waals surface area contributed by atoms with E-state index in [9.17, 15) is 9.59 Å². The Balaban J connectivity index is 1.96. The van der Waals surface area contributed by atoms with Crippen LogP contribution >= 0.6 is 0 Å². The Morgan fingerprint density at radius 2 is 2.12 bits per heavy atom. The van der Waals surface area contributed by atoms with Gasteiger partial charge < -0.3 is 9.88 Å². The monoisotopic (exact) mass is 329 g/mol. The quantitative estimate of drug-likeness (QED) is 0.750. The number of hydrogen-bond acceptors (Lipinski definition) is 3. The Morgan fingerprint density at radius 3 is 2.88 bits per heavy atom. The third kappa shape index (κ3) is 2.79. The number of carbonyl (C=O) groups excluding carboxylic acids is 1. The molecule has 0 unspecified atom stereocenters. The smallest absolute Gasteiger partial charge is 0.257 e. The van der Waals surface area contributed by atoms with Crippen molar-refractivity contribution in [3.05, 3.63) is 70.1 Å². The molecular formula is C20H15N3O2. The molecule has 5 nitrogen and oxygen atoms in total. The Hall–Kier alpha value is -3.39. The maximum atomic E-state index is 12.7. The van der Waals surface area contributed by atoms with Crippen LogP contribution < -0.4 is 10.7 Å². The third-order valence-electron chi connectivity index (χ3n) is 4.21. The Labute approximate surface area is 144 Å². The standard InChI is InChI=1S/C20H15N3O2/c1-2-13-5-3-6-15(11-13)23-12-17(20(25)22-14-8-9-14)18(24)16-7-4-10-21-19(16)23/h1,3-7,10-12,14H,8-9H2,(H,22,25). The van der Waals surface area contributed by atoms with Gasteiger partial charge in [0.2, 0.25) is 5.43 Å². The van der Waals surface area contributed by atoms with Crippen molar-refractivity contribution >= 4 is 16.9 Å². The van der Waals surface area contributed by atoms with Crippen molar-refractivity contribution in [3.8, 4) is 18.0 Å². The van der Waals surface area contributed by atoms with Gasteiger partial charge in [0, 0.05) is 29.7 Å². The molecule has 1 aliphatic carbocycles. The molecule has 0 saturated heterocycles. The lowest BCUT2D eigenvalue weighted by atomic mass is 10.1. The molecule has 1 saturated carbocycles. The molecular weight excluding hydrogens is 314 g/mol. The predicted octanol–water partition coefficient (Wildman–Crippen LogP) is 2.26. The largest absolute Gasteiger partial charge is 0.349 e. The van der Waals surface area contributed by atoms with Crippen molar-refractivity contribution in [1.82, 2.24) is 14.9 Å². The molecule has 1 fully saturated rings. The van der Waals surface area contributed by atoms with Crippen molar-refractivity contribution in [2.45, 2.75) is 18.9 Å². The summed E-state index contributed by atoms with van der Waals surface area (Å²) in [6, 6.07) is 10.9. The van der Waals surface area contributed by atoms with Crippen molar-refractivity contribution in [3.63, 3.8) is 0 Å². The highest BCUT2D eigenvalue weighted by molar-refractivity contribution is 5.97. The first kappa shape index (κ1) is 15.2. The summed E-state index contributed by atoms with van der Waals surface area (Å²) in [7, 11) is 0. The van der Waals surface area contributed by atoms with E-state index in [2.05, 4.69) is 16.2 Å². The summed E-state index contributed by atoms with van der Waals surface area (Å²) in [5, 5.41) is 3.27. The van der Waals surface area contributed by atoms with Crippen molar-refractivity contribution in [2.75, 3.05) is 0 Å². The highest BCUT2D eigenvalue weighted by Gasteiger charge is 2.26. The van der Waals surface area contributed by atoms with Gasteiger partial charge in [0.15, 0.2) is 0 Å². The van der Waals surface area contributed by atoms with E-state index in [0.717, 1.165) is 18.5 Å². The number of rotatable bonds is 3. The summed E-state index contributed by atoms with van der Waals surface area (Å²) < 4.78 is 1.74. The third-order valence-corrected chi connectivity index (χ3v) is 4.21. The van der Waals surface area contributed by atoms with E-state index in [1.807, 2.05) is 24.3 Å². The summed E-state index contributed by atoms with van der Waals surface area (Å²) >= 11 is 0. The van der Waals surface area contributed by atoms with E-state index in [-0.39, 0.29) is 22.9 Å². The van der Waals surface area contributed by atoms with Crippen molar-refractivity contribution < 1.29 is 4.79 Å². The SMILES string of the molecule is C#Cc1cccc(-n2cc(C(=O)NC3CC3)c(=O)c3cccnc32)c1. The fourth-order valence-electron chi connectivity index (χ4n) is 2.76. The minimum atomic E-state index is -0.347. The molecule has 0 aliphatic heterocycles. The van der Waals surface area contributed by atoms with Crippen LogP contribution in [0, 0.1) is 12.3 Å². The molecule has 0 spiro atoms. The van der Waals surface area contributed by atoms with Gasteiger partial charge in [-0.25, -0.2) is 4.98 Å². The minimum absolute atomic E-state index is 0.110. The van der Waals surface area contributed by atoms with Crippen LogP contribution in [0.1, 0.15) is 28.8 Å². The first-order valence-corrected chi connectivity index (χ1v) is 8.05. The van der Waals surface area contributed by atoms with Crippen LogP contribution in [0.15, 0.2) is 53.6 Å². The number of benzene rings is 1. The number of pyridine rings is 2. The second-order valence-corrected chi connectivity index (χ2v) is 6.06. The zero-order chi connectivity index (χ0) is 17.4. The summed E-state index contributed by atoms with van der Waals surface area (Å²) in [5.41, 5.74) is 1.75. The maximum absolute atomic E-state index is 12.7. The average molecular weight is 329 g/mol. The van der Waals surface area contributed by atoms with E-state index in [0.29, 0.717) is 16.6 Å². The molecule has 3 aromatic rings. The van der Waals surface area contributed by atoms with E-state index in [4.69, 9.17) is 6.42 Å². The van der Waals surface area contributed by atoms with Crippen LogP contribution in [0.3, 0.4) is 0 Å². The second-order valence-electron chi connectivity index (χ2n) is 6.06. The number of nitrogens with one attached hydrogen (secondary N) is 1. The van der Waals surface area contributed by atoms with Gasteiger partial charge >= 0.3 is 0 Å². The highest BCUT2D eigenvalue weighted by Crippen LogP contribution is 2.20. The molecule has 5 heteroatoms. The normalized spacial score (nSPS) is 13.4. The second kappa shape index (κ2) is 5.91. The first-order valence-electron chi connectivity index (χ1n) is 8.05. The molecule has 1 amide bonds. The first-order chi connectivity index (χ1) is 12.2. The van der Waals surface area contributed by atoms with E-state index < -0.39 is 0 Å². The maximum Gasteiger partial charge on any atom is 0.257 e. The van der Waals surface area contributed by atoms with Crippen LogP contribution in [0.4, 0.5) is 0 Å². The number of nitrogens with zero attached hydrogens (tertiary/aromatic N) is 2. The van der Waals surface area contributed by atoms with E-state index in [1.54, 1.807) is 29.1 Å². The van der Waals surface area contributed by atoms with Gasteiger partial charge in [-0.1, -0.05) is 12.0 Å². The molecule has 1 aromatic carbocycles. The topological polar surface area (TPSA) is 64.0 Å². The Bertz CT molecular complexity index is 1090. The molecule has 2 aromatic heterocycles. The van der Waals surface area contributed by atoms with E-state index in [1.165, 1.54) is 0 Å². The van der Waals surface area contributed by atoms with Gasteiger partial charge in [0.25, 0.3) is 5.91 Å². The van der Waals surface area contributed by atoms with Gasteiger partial charge in [-0.15, -0.1) is 6.42 Å².